The first-order valence-electron chi connectivity index (χ1n) is 6.93. The summed E-state index contributed by atoms with van der Waals surface area (Å²) in [7, 11) is 0. The van der Waals surface area contributed by atoms with Gasteiger partial charge < -0.3 is 5.32 Å². The normalized spacial score (nSPS) is 12.5. The minimum atomic E-state index is -0.229. The van der Waals surface area contributed by atoms with Gasteiger partial charge >= 0.3 is 0 Å². The van der Waals surface area contributed by atoms with E-state index in [1.807, 2.05) is 5.38 Å². The van der Waals surface area contributed by atoms with Gasteiger partial charge in [-0.05, 0) is 31.0 Å². The van der Waals surface area contributed by atoms with Gasteiger partial charge in [-0.2, -0.15) is 0 Å². The number of anilines is 1. The van der Waals surface area contributed by atoms with Crippen molar-refractivity contribution in [3.63, 3.8) is 0 Å². The highest BCUT2D eigenvalue weighted by Crippen LogP contribution is 2.36. The molecule has 0 saturated heterocycles. The van der Waals surface area contributed by atoms with E-state index in [2.05, 4.69) is 29.1 Å². The largest absolute Gasteiger partial charge is 0.367 e. The first-order chi connectivity index (χ1) is 10.2. The Kier molecular flexibility index (Phi) is 3.84. The first-order valence-corrected chi connectivity index (χ1v) is 7.81. The molecule has 1 atom stereocenters. The minimum Gasteiger partial charge on any atom is -0.367 e. The molecule has 3 nitrogen and oxygen atoms in total. The van der Waals surface area contributed by atoms with Crippen LogP contribution in [0.5, 0.6) is 0 Å². The maximum atomic E-state index is 13.1. The Morgan fingerprint density at radius 3 is 2.71 bits per heavy atom. The van der Waals surface area contributed by atoms with Gasteiger partial charge in [0, 0.05) is 17.0 Å². The number of hydrogen-bond donors (Lipinski definition) is 1. The number of halogens is 1. The molecule has 1 unspecified atom stereocenters. The molecule has 108 valence electrons. The van der Waals surface area contributed by atoms with Crippen molar-refractivity contribution in [3.8, 4) is 11.1 Å². The average molecular weight is 301 g/mol. The number of fused-ring (bicyclic) bond motifs is 1. The van der Waals surface area contributed by atoms with Crippen molar-refractivity contribution in [3.05, 3.63) is 41.8 Å². The minimum absolute atomic E-state index is 0.229. The van der Waals surface area contributed by atoms with Crippen LogP contribution in [0, 0.1) is 5.82 Å². The number of aromatic nitrogens is 2. The molecule has 5 heteroatoms. The number of nitrogens with zero attached hydrogens (tertiary/aromatic N) is 2. The first kappa shape index (κ1) is 13.9. The Bertz CT molecular complexity index is 752. The molecule has 0 aliphatic rings. The predicted molar refractivity (Wildman–Crippen MR) is 86.2 cm³/mol. The molecular formula is C16H16FN3S. The lowest BCUT2D eigenvalue weighted by Crippen LogP contribution is -2.14. The Hall–Kier alpha value is -2.01. The third-order valence-corrected chi connectivity index (χ3v) is 4.41. The molecule has 0 saturated carbocycles. The van der Waals surface area contributed by atoms with Crippen molar-refractivity contribution >= 4 is 27.4 Å². The van der Waals surface area contributed by atoms with Crippen molar-refractivity contribution in [2.24, 2.45) is 0 Å². The van der Waals surface area contributed by atoms with Crippen LogP contribution in [0.2, 0.25) is 0 Å². The van der Waals surface area contributed by atoms with E-state index in [9.17, 15) is 4.39 Å². The Labute approximate surface area is 126 Å². The molecule has 3 aromatic rings. The molecule has 0 spiro atoms. The van der Waals surface area contributed by atoms with Gasteiger partial charge in [-0.3, -0.25) is 0 Å². The van der Waals surface area contributed by atoms with Crippen LogP contribution in [-0.2, 0) is 0 Å². The predicted octanol–water partition coefficient (Wildman–Crippen LogP) is 4.71. The third kappa shape index (κ3) is 2.74. The molecular weight excluding hydrogens is 285 g/mol. The molecule has 0 amide bonds. The number of nitrogens with one attached hydrogen (secondary N) is 1. The van der Waals surface area contributed by atoms with Crippen molar-refractivity contribution in [2.45, 2.75) is 26.3 Å². The molecule has 0 radical (unpaired) electrons. The topological polar surface area (TPSA) is 37.8 Å². The number of thiophene rings is 1. The molecule has 0 aliphatic heterocycles. The molecule has 1 aromatic carbocycles. The zero-order valence-corrected chi connectivity index (χ0v) is 12.7. The van der Waals surface area contributed by atoms with Crippen molar-refractivity contribution in [1.29, 1.82) is 0 Å². The molecule has 1 N–H and O–H groups in total. The van der Waals surface area contributed by atoms with Crippen LogP contribution < -0.4 is 5.32 Å². The summed E-state index contributed by atoms with van der Waals surface area (Å²) < 4.78 is 13.1. The van der Waals surface area contributed by atoms with Crippen molar-refractivity contribution in [2.75, 3.05) is 5.32 Å². The molecule has 2 aromatic heterocycles. The van der Waals surface area contributed by atoms with Crippen LogP contribution in [0.25, 0.3) is 21.3 Å². The van der Waals surface area contributed by atoms with Gasteiger partial charge in [0.25, 0.3) is 0 Å². The number of benzene rings is 1. The molecule has 2 heterocycles. The van der Waals surface area contributed by atoms with Gasteiger partial charge in [0.05, 0.1) is 5.39 Å². The fourth-order valence-electron chi connectivity index (χ4n) is 2.16. The quantitative estimate of drug-likeness (QED) is 0.758. The Balaban J connectivity index is 2.13. The third-order valence-electron chi connectivity index (χ3n) is 3.52. The molecule has 3 rings (SSSR count). The smallest absolute Gasteiger partial charge is 0.139 e. The molecule has 0 bridgehead atoms. The zero-order valence-electron chi connectivity index (χ0n) is 11.9. The Morgan fingerprint density at radius 1 is 1.24 bits per heavy atom. The maximum absolute atomic E-state index is 13.1. The van der Waals surface area contributed by atoms with Crippen LogP contribution in [0.1, 0.15) is 20.3 Å². The van der Waals surface area contributed by atoms with Gasteiger partial charge in [-0.15, -0.1) is 11.3 Å². The summed E-state index contributed by atoms with van der Waals surface area (Å²) in [5.74, 6) is 0.613. The van der Waals surface area contributed by atoms with Crippen molar-refractivity contribution < 1.29 is 4.39 Å². The maximum Gasteiger partial charge on any atom is 0.139 e. The zero-order chi connectivity index (χ0) is 14.8. The van der Waals surface area contributed by atoms with E-state index >= 15 is 0 Å². The molecule has 21 heavy (non-hydrogen) atoms. The monoisotopic (exact) mass is 301 g/mol. The van der Waals surface area contributed by atoms with E-state index in [0.29, 0.717) is 6.04 Å². The van der Waals surface area contributed by atoms with E-state index in [1.165, 1.54) is 12.1 Å². The van der Waals surface area contributed by atoms with E-state index in [-0.39, 0.29) is 5.82 Å². The van der Waals surface area contributed by atoms with Gasteiger partial charge in [-0.25, -0.2) is 14.4 Å². The van der Waals surface area contributed by atoms with Crippen LogP contribution >= 0.6 is 11.3 Å². The standard InChI is InChI=1S/C16H16FN3S/c1-3-10(2)20-15-14-13(8-21-16(14)19-9-18-15)11-4-6-12(17)7-5-11/h4-10H,3H2,1-2H3,(H,18,19,20). The number of rotatable bonds is 4. The fraction of sp³-hybridized carbons (Fsp3) is 0.250. The molecule has 0 aliphatic carbocycles. The summed E-state index contributed by atoms with van der Waals surface area (Å²) in [5, 5.41) is 6.48. The van der Waals surface area contributed by atoms with Gasteiger partial charge in [0.1, 0.15) is 22.8 Å². The lowest BCUT2D eigenvalue weighted by molar-refractivity contribution is 0.628. The van der Waals surface area contributed by atoms with Gasteiger partial charge in [0.2, 0.25) is 0 Å². The highest BCUT2D eigenvalue weighted by molar-refractivity contribution is 7.17. The van der Waals surface area contributed by atoms with Crippen LogP contribution in [0.4, 0.5) is 10.2 Å². The second-order valence-corrected chi connectivity index (χ2v) is 5.87. The summed E-state index contributed by atoms with van der Waals surface area (Å²) in [4.78, 5) is 9.65. The summed E-state index contributed by atoms with van der Waals surface area (Å²) in [6.45, 7) is 4.25. The SMILES string of the molecule is CCC(C)Nc1ncnc2scc(-c3ccc(F)cc3)c12. The van der Waals surface area contributed by atoms with E-state index in [0.717, 1.165) is 33.6 Å². The average Bonchev–Trinajstić information content (AvgIpc) is 2.93. The second kappa shape index (κ2) is 5.77. The summed E-state index contributed by atoms with van der Waals surface area (Å²) >= 11 is 1.58. The lowest BCUT2D eigenvalue weighted by atomic mass is 10.1. The highest BCUT2D eigenvalue weighted by Gasteiger charge is 2.14. The summed E-state index contributed by atoms with van der Waals surface area (Å²) in [6, 6.07) is 6.87. The fourth-order valence-corrected chi connectivity index (χ4v) is 3.08. The highest BCUT2D eigenvalue weighted by atomic mass is 32.1. The second-order valence-electron chi connectivity index (χ2n) is 5.01. The Morgan fingerprint density at radius 2 is 2.00 bits per heavy atom. The van der Waals surface area contributed by atoms with Gasteiger partial charge in [-0.1, -0.05) is 19.1 Å². The van der Waals surface area contributed by atoms with Crippen LogP contribution in [0.3, 0.4) is 0 Å². The summed E-state index contributed by atoms with van der Waals surface area (Å²) in [5.41, 5.74) is 2.02. The van der Waals surface area contributed by atoms with Crippen LogP contribution in [-0.4, -0.2) is 16.0 Å². The molecule has 0 fully saturated rings. The number of hydrogen-bond acceptors (Lipinski definition) is 4. The van der Waals surface area contributed by atoms with E-state index in [4.69, 9.17) is 0 Å². The summed E-state index contributed by atoms with van der Waals surface area (Å²) in [6.07, 6.45) is 2.60. The lowest BCUT2D eigenvalue weighted by Gasteiger charge is -2.13. The van der Waals surface area contributed by atoms with Crippen molar-refractivity contribution in [1.82, 2.24) is 9.97 Å². The van der Waals surface area contributed by atoms with Gasteiger partial charge in [0.15, 0.2) is 0 Å². The van der Waals surface area contributed by atoms with E-state index < -0.39 is 0 Å². The van der Waals surface area contributed by atoms with E-state index in [1.54, 1.807) is 29.8 Å². The van der Waals surface area contributed by atoms with Crippen LogP contribution in [0.15, 0.2) is 36.0 Å².